The number of aldehydes is 1. The van der Waals surface area contributed by atoms with Crippen LogP contribution in [0.1, 0.15) is 35.0 Å². The van der Waals surface area contributed by atoms with E-state index < -0.39 is 0 Å². The lowest BCUT2D eigenvalue weighted by Crippen LogP contribution is -1.99. The number of rotatable bonds is 1. The summed E-state index contributed by atoms with van der Waals surface area (Å²) < 4.78 is 5.18. The predicted molar refractivity (Wildman–Crippen MR) is 38.5 cm³/mol. The van der Waals surface area contributed by atoms with Crippen LogP contribution in [0.4, 0.5) is 0 Å². The molecule has 0 bridgehead atoms. The smallest absolute Gasteiger partial charge is 0.260 e. The highest BCUT2D eigenvalue weighted by Crippen LogP contribution is 2.20. The number of hydrogen-bond donors (Lipinski definition) is 0. The van der Waals surface area contributed by atoms with Gasteiger partial charge in [-0.1, -0.05) is 0 Å². The highest BCUT2D eigenvalue weighted by Gasteiger charge is 2.15. The van der Waals surface area contributed by atoms with Gasteiger partial charge >= 0.3 is 0 Å². The molecule has 2 rings (SSSR count). The fourth-order valence-electron chi connectivity index (χ4n) is 1.42. The zero-order valence-electron chi connectivity index (χ0n) is 6.17. The number of carbonyl (C=O) groups is 1. The lowest BCUT2D eigenvalue weighted by atomic mass is 10.0. The molecule has 0 unspecified atom stereocenters. The zero-order chi connectivity index (χ0) is 7.68. The summed E-state index contributed by atoms with van der Waals surface area (Å²) in [5, 5.41) is 0. The topological polar surface area (TPSA) is 43.1 Å². The van der Waals surface area contributed by atoms with Gasteiger partial charge in [-0.3, -0.25) is 4.79 Å². The van der Waals surface area contributed by atoms with E-state index in [1.54, 1.807) is 0 Å². The van der Waals surface area contributed by atoms with E-state index in [4.69, 9.17) is 4.42 Å². The summed E-state index contributed by atoms with van der Waals surface area (Å²) in [7, 11) is 0. The molecule has 11 heavy (non-hydrogen) atoms. The van der Waals surface area contributed by atoms with E-state index in [0.717, 1.165) is 37.1 Å². The monoisotopic (exact) mass is 151 g/mol. The third-order valence-corrected chi connectivity index (χ3v) is 1.96. The van der Waals surface area contributed by atoms with Gasteiger partial charge in [0.2, 0.25) is 6.29 Å². The molecule has 1 heterocycles. The Kier molecular flexibility index (Phi) is 1.49. The Morgan fingerprint density at radius 3 is 2.91 bits per heavy atom. The maximum Gasteiger partial charge on any atom is 0.260 e. The third-order valence-electron chi connectivity index (χ3n) is 1.96. The van der Waals surface area contributed by atoms with Crippen molar-refractivity contribution in [2.45, 2.75) is 25.7 Å². The van der Waals surface area contributed by atoms with Gasteiger partial charge in [0.25, 0.3) is 5.89 Å². The highest BCUT2D eigenvalue weighted by atomic mass is 16.4. The van der Waals surface area contributed by atoms with Crippen molar-refractivity contribution in [3.05, 3.63) is 17.3 Å². The van der Waals surface area contributed by atoms with Crippen LogP contribution >= 0.6 is 0 Å². The van der Waals surface area contributed by atoms with Crippen molar-refractivity contribution in [2.24, 2.45) is 0 Å². The van der Waals surface area contributed by atoms with Gasteiger partial charge in [-0.25, -0.2) is 4.98 Å². The molecule has 3 heteroatoms. The molecule has 0 amide bonds. The first-order chi connectivity index (χ1) is 5.40. The molecule has 0 saturated carbocycles. The Labute approximate surface area is 64.4 Å². The van der Waals surface area contributed by atoms with Crippen molar-refractivity contribution in [2.75, 3.05) is 0 Å². The van der Waals surface area contributed by atoms with Crippen LogP contribution in [-0.2, 0) is 12.8 Å². The van der Waals surface area contributed by atoms with Gasteiger partial charge in [-0.05, 0) is 19.3 Å². The zero-order valence-corrected chi connectivity index (χ0v) is 6.17. The molecular weight excluding hydrogens is 142 g/mol. The second-order valence-electron chi connectivity index (χ2n) is 2.75. The first-order valence-electron chi connectivity index (χ1n) is 3.84. The number of nitrogens with zero attached hydrogens (tertiary/aromatic N) is 1. The molecule has 0 aromatic carbocycles. The Balaban J connectivity index is 2.39. The first-order valence-corrected chi connectivity index (χ1v) is 3.84. The second-order valence-corrected chi connectivity index (χ2v) is 2.75. The molecule has 0 aliphatic heterocycles. The van der Waals surface area contributed by atoms with E-state index in [-0.39, 0.29) is 5.89 Å². The summed E-state index contributed by atoms with van der Waals surface area (Å²) in [5.74, 6) is 1.15. The lowest BCUT2D eigenvalue weighted by molar-refractivity contribution is 0.109. The summed E-state index contributed by atoms with van der Waals surface area (Å²) in [6, 6.07) is 0. The predicted octanol–water partition coefficient (Wildman–Crippen LogP) is 1.37. The van der Waals surface area contributed by atoms with Crippen LogP contribution in [0.5, 0.6) is 0 Å². The van der Waals surface area contributed by atoms with Crippen LogP contribution in [0.15, 0.2) is 4.42 Å². The Morgan fingerprint density at radius 1 is 1.36 bits per heavy atom. The Bertz CT molecular complexity index is 254. The molecule has 1 aliphatic carbocycles. The van der Waals surface area contributed by atoms with Crippen LogP contribution in [0.25, 0.3) is 0 Å². The molecule has 1 aliphatic rings. The molecule has 3 nitrogen and oxygen atoms in total. The van der Waals surface area contributed by atoms with Gasteiger partial charge in [-0.15, -0.1) is 0 Å². The molecule has 0 atom stereocenters. The molecule has 0 N–H and O–H groups in total. The molecule has 0 radical (unpaired) electrons. The normalized spacial score (nSPS) is 16.0. The van der Waals surface area contributed by atoms with E-state index in [1.807, 2.05) is 0 Å². The highest BCUT2D eigenvalue weighted by molar-refractivity contribution is 5.67. The number of fused-ring (bicyclic) bond motifs is 1. The summed E-state index contributed by atoms with van der Waals surface area (Å²) >= 11 is 0. The van der Waals surface area contributed by atoms with Crippen LogP contribution < -0.4 is 0 Å². The van der Waals surface area contributed by atoms with E-state index in [1.165, 1.54) is 0 Å². The maximum absolute atomic E-state index is 10.3. The minimum Gasteiger partial charge on any atom is -0.439 e. The minimum absolute atomic E-state index is 0.233. The van der Waals surface area contributed by atoms with Crippen LogP contribution in [0.2, 0.25) is 0 Å². The SMILES string of the molecule is O=Cc1nc2c(o1)CCCC2. The summed E-state index contributed by atoms with van der Waals surface area (Å²) in [6.07, 6.45) is 4.89. The molecule has 1 aromatic heterocycles. The molecule has 0 saturated heterocycles. The standard InChI is InChI=1S/C8H9NO2/c10-5-8-9-6-3-1-2-4-7(6)11-8/h5H,1-4H2. The van der Waals surface area contributed by atoms with Crippen molar-refractivity contribution < 1.29 is 9.21 Å². The summed E-state index contributed by atoms with van der Waals surface area (Å²) in [4.78, 5) is 14.3. The average Bonchev–Trinajstić information content (AvgIpc) is 2.46. The quantitative estimate of drug-likeness (QED) is 0.569. The fourth-order valence-corrected chi connectivity index (χ4v) is 1.42. The Morgan fingerprint density at radius 2 is 2.18 bits per heavy atom. The Hall–Kier alpha value is -1.12. The van der Waals surface area contributed by atoms with Gasteiger partial charge in [0, 0.05) is 6.42 Å². The van der Waals surface area contributed by atoms with Crippen molar-refractivity contribution in [3.63, 3.8) is 0 Å². The number of aromatic nitrogens is 1. The average molecular weight is 151 g/mol. The van der Waals surface area contributed by atoms with Crippen molar-refractivity contribution in [1.82, 2.24) is 4.98 Å². The van der Waals surface area contributed by atoms with E-state index in [2.05, 4.69) is 4.98 Å². The van der Waals surface area contributed by atoms with Crippen LogP contribution in [0, 0.1) is 0 Å². The molecule has 0 spiro atoms. The first kappa shape index (κ1) is 6.58. The van der Waals surface area contributed by atoms with Gasteiger partial charge < -0.3 is 4.42 Å². The third kappa shape index (κ3) is 1.06. The number of aryl methyl sites for hydroxylation is 2. The summed E-state index contributed by atoms with van der Waals surface area (Å²) in [6.45, 7) is 0. The number of hydrogen-bond acceptors (Lipinski definition) is 3. The molecule has 1 aromatic rings. The van der Waals surface area contributed by atoms with Gasteiger partial charge in [-0.2, -0.15) is 0 Å². The van der Waals surface area contributed by atoms with Gasteiger partial charge in [0.1, 0.15) is 5.76 Å². The second kappa shape index (κ2) is 2.49. The van der Waals surface area contributed by atoms with Gasteiger partial charge in [0.05, 0.1) is 5.69 Å². The van der Waals surface area contributed by atoms with E-state index >= 15 is 0 Å². The van der Waals surface area contributed by atoms with Crippen molar-refractivity contribution in [1.29, 1.82) is 0 Å². The van der Waals surface area contributed by atoms with E-state index in [0.29, 0.717) is 6.29 Å². The number of carbonyl (C=O) groups excluding carboxylic acids is 1. The molecule has 0 fully saturated rings. The maximum atomic E-state index is 10.3. The lowest BCUT2D eigenvalue weighted by Gasteiger charge is -2.05. The largest absolute Gasteiger partial charge is 0.439 e. The molecular formula is C8H9NO2. The fraction of sp³-hybridized carbons (Fsp3) is 0.500. The van der Waals surface area contributed by atoms with Crippen LogP contribution in [0.3, 0.4) is 0 Å². The molecule has 58 valence electrons. The number of oxazole rings is 1. The summed E-state index contributed by atoms with van der Waals surface area (Å²) in [5.41, 5.74) is 0.985. The van der Waals surface area contributed by atoms with E-state index in [9.17, 15) is 4.79 Å². The van der Waals surface area contributed by atoms with Crippen molar-refractivity contribution in [3.8, 4) is 0 Å². The van der Waals surface area contributed by atoms with Crippen LogP contribution in [-0.4, -0.2) is 11.3 Å². The van der Waals surface area contributed by atoms with Gasteiger partial charge in [0.15, 0.2) is 0 Å². The minimum atomic E-state index is 0.233. The van der Waals surface area contributed by atoms with Crippen molar-refractivity contribution >= 4 is 6.29 Å².